The Labute approximate surface area is 145 Å². The van der Waals surface area contributed by atoms with Crippen LogP contribution in [-0.4, -0.2) is 36.9 Å². The Morgan fingerprint density at radius 2 is 1.58 bits per heavy atom. The SMILES string of the molecule is O=C(C=CN1CCN(c2ccc(F)cc2)CC1)c1ccc(Cl)cc1. The van der Waals surface area contributed by atoms with Gasteiger partial charge >= 0.3 is 0 Å². The first-order valence-electron chi connectivity index (χ1n) is 7.84. The van der Waals surface area contributed by atoms with E-state index in [0.717, 1.165) is 31.9 Å². The van der Waals surface area contributed by atoms with E-state index in [0.29, 0.717) is 10.6 Å². The van der Waals surface area contributed by atoms with Crippen molar-refractivity contribution in [2.24, 2.45) is 0 Å². The maximum absolute atomic E-state index is 13.0. The first-order chi connectivity index (χ1) is 11.6. The van der Waals surface area contributed by atoms with Gasteiger partial charge in [-0.1, -0.05) is 11.6 Å². The quantitative estimate of drug-likeness (QED) is 0.618. The number of anilines is 1. The molecule has 1 aliphatic heterocycles. The highest BCUT2D eigenvalue weighted by molar-refractivity contribution is 6.30. The van der Waals surface area contributed by atoms with Gasteiger partial charge in [-0.05, 0) is 48.5 Å². The third-order valence-electron chi connectivity index (χ3n) is 4.07. The Kier molecular flexibility index (Phi) is 5.16. The number of carbonyl (C=O) groups is 1. The van der Waals surface area contributed by atoms with Crippen LogP contribution in [0.3, 0.4) is 0 Å². The van der Waals surface area contributed by atoms with Gasteiger partial charge in [0.05, 0.1) is 0 Å². The van der Waals surface area contributed by atoms with Crippen molar-refractivity contribution in [2.45, 2.75) is 0 Å². The van der Waals surface area contributed by atoms with E-state index in [1.54, 1.807) is 42.5 Å². The minimum Gasteiger partial charge on any atom is -0.374 e. The van der Waals surface area contributed by atoms with E-state index in [2.05, 4.69) is 9.80 Å². The smallest absolute Gasteiger partial charge is 0.187 e. The van der Waals surface area contributed by atoms with Gasteiger partial charge in [0, 0.05) is 54.7 Å². The number of ketones is 1. The summed E-state index contributed by atoms with van der Waals surface area (Å²) in [6, 6.07) is 13.4. The fraction of sp³-hybridized carbons (Fsp3) is 0.211. The molecule has 0 saturated carbocycles. The van der Waals surface area contributed by atoms with Gasteiger partial charge in [-0.25, -0.2) is 4.39 Å². The Morgan fingerprint density at radius 1 is 0.958 bits per heavy atom. The first-order valence-corrected chi connectivity index (χ1v) is 8.22. The van der Waals surface area contributed by atoms with Gasteiger partial charge in [-0.2, -0.15) is 0 Å². The van der Waals surface area contributed by atoms with Crippen LogP contribution in [0.15, 0.2) is 60.8 Å². The molecule has 3 rings (SSSR count). The monoisotopic (exact) mass is 344 g/mol. The lowest BCUT2D eigenvalue weighted by atomic mass is 10.1. The fourth-order valence-corrected chi connectivity index (χ4v) is 2.79. The molecule has 0 aliphatic carbocycles. The molecule has 0 spiro atoms. The Bertz CT molecular complexity index is 720. The van der Waals surface area contributed by atoms with Gasteiger partial charge in [0.15, 0.2) is 5.78 Å². The van der Waals surface area contributed by atoms with Crippen LogP contribution in [0.5, 0.6) is 0 Å². The molecule has 1 saturated heterocycles. The van der Waals surface area contributed by atoms with Crippen LogP contribution in [-0.2, 0) is 0 Å². The molecular formula is C19H18ClFN2O. The van der Waals surface area contributed by atoms with Gasteiger partial charge in [0.25, 0.3) is 0 Å². The third-order valence-corrected chi connectivity index (χ3v) is 4.32. The molecule has 0 atom stereocenters. The molecule has 1 heterocycles. The number of carbonyl (C=O) groups excluding carboxylic acids is 1. The molecule has 124 valence electrons. The normalized spacial score (nSPS) is 15.1. The zero-order valence-electron chi connectivity index (χ0n) is 13.2. The van der Waals surface area contributed by atoms with Crippen LogP contribution in [0, 0.1) is 5.82 Å². The average Bonchev–Trinajstić information content (AvgIpc) is 2.61. The highest BCUT2D eigenvalue weighted by atomic mass is 35.5. The summed E-state index contributed by atoms with van der Waals surface area (Å²) in [5.41, 5.74) is 1.65. The van der Waals surface area contributed by atoms with Gasteiger partial charge in [-0.3, -0.25) is 4.79 Å². The van der Waals surface area contributed by atoms with Crippen LogP contribution in [0.4, 0.5) is 10.1 Å². The highest BCUT2D eigenvalue weighted by Gasteiger charge is 2.15. The summed E-state index contributed by atoms with van der Waals surface area (Å²) in [5, 5.41) is 0.618. The van der Waals surface area contributed by atoms with Crippen molar-refractivity contribution >= 4 is 23.1 Å². The molecule has 24 heavy (non-hydrogen) atoms. The minimum atomic E-state index is -0.221. The summed E-state index contributed by atoms with van der Waals surface area (Å²) in [6.07, 6.45) is 3.44. The fourth-order valence-electron chi connectivity index (χ4n) is 2.66. The van der Waals surface area contributed by atoms with Crippen LogP contribution in [0.25, 0.3) is 0 Å². The van der Waals surface area contributed by atoms with E-state index in [-0.39, 0.29) is 11.6 Å². The number of allylic oxidation sites excluding steroid dienone is 1. The summed E-state index contributed by atoms with van der Waals surface area (Å²) in [4.78, 5) is 16.4. The molecule has 0 aromatic heterocycles. The van der Waals surface area contributed by atoms with Crippen LogP contribution in [0.2, 0.25) is 5.02 Å². The number of rotatable bonds is 4. The van der Waals surface area contributed by atoms with Crippen molar-refractivity contribution < 1.29 is 9.18 Å². The predicted molar refractivity (Wildman–Crippen MR) is 95.1 cm³/mol. The lowest BCUT2D eigenvalue weighted by Gasteiger charge is -2.35. The largest absolute Gasteiger partial charge is 0.374 e. The van der Waals surface area contributed by atoms with Crippen LogP contribution >= 0.6 is 11.6 Å². The van der Waals surface area contributed by atoms with Crippen molar-refractivity contribution in [3.63, 3.8) is 0 Å². The van der Waals surface area contributed by atoms with Gasteiger partial charge in [0.1, 0.15) is 5.82 Å². The van der Waals surface area contributed by atoms with E-state index in [1.807, 2.05) is 6.20 Å². The maximum atomic E-state index is 13.0. The Morgan fingerprint density at radius 3 is 2.21 bits per heavy atom. The molecule has 0 amide bonds. The van der Waals surface area contributed by atoms with Crippen molar-refractivity contribution in [3.8, 4) is 0 Å². The molecule has 2 aromatic rings. The molecule has 1 fully saturated rings. The molecule has 3 nitrogen and oxygen atoms in total. The molecule has 0 unspecified atom stereocenters. The molecule has 0 N–H and O–H groups in total. The van der Waals surface area contributed by atoms with Crippen molar-refractivity contribution in [2.75, 3.05) is 31.1 Å². The first kappa shape index (κ1) is 16.5. The second-order valence-corrected chi connectivity index (χ2v) is 6.12. The van der Waals surface area contributed by atoms with Crippen molar-refractivity contribution in [1.29, 1.82) is 0 Å². The van der Waals surface area contributed by atoms with Crippen LogP contribution < -0.4 is 4.90 Å². The summed E-state index contributed by atoms with van der Waals surface area (Å²) in [5.74, 6) is -0.256. The van der Waals surface area contributed by atoms with Crippen molar-refractivity contribution in [3.05, 3.63) is 77.2 Å². The topological polar surface area (TPSA) is 23.6 Å². The van der Waals surface area contributed by atoms with Gasteiger partial charge < -0.3 is 9.80 Å². The molecule has 0 bridgehead atoms. The number of nitrogens with zero attached hydrogens (tertiary/aromatic N) is 2. The summed E-state index contributed by atoms with van der Waals surface area (Å²) in [6.45, 7) is 3.32. The maximum Gasteiger partial charge on any atom is 0.187 e. The zero-order chi connectivity index (χ0) is 16.9. The Balaban J connectivity index is 1.54. The Hall–Kier alpha value is -2.33. The van der Waals surface area contributed by atoms with E-state index < -0.39 is 0 Å². The van der Waals surface area contributed by atoms with E-state index >= 15 is 0 Å². The molecule has 2 aromatic carbocycles. The summed E-state index contributed by atoms with van der Waals surface area (Å²) < 4.78 is 13.0. The predicted octanol–water partition coefficient (Wildman–Crippen LogP) is 4.00. The second-order valence-electron chi connectivity index (χ2n) is 5.69. The number of benzene rings is 2. The molecule has 1 aliphatic rings. The average molecular weight is 345 g/mol. The molecular weight excluding hydrogens is 327 g/mol. The lowest BCUT2D eigenvalue weighted by Crippen LogP contribution is -2.44. The van der Waals surface area contributed by atoms with Gasteiger partial charge in [-0.15, -0.1) is 0 Å². The third kappa shape index (κ3) is 4.15. The molecule has 0 radical (unpaired) electrons. The van der Waals surface area contributed by atoms with E-state index in [4.69, 9.17) is 11.6 Å². The number of piperazine rings is 1. The molecule has 5 heteroatoms. The summed E-state index contributed by atoms with van der Waals surface area (Å²) >= 11 is 5.83. The number of hydrogen-bond donors (Lipinski definition) is 0. The minimum absolute atomic E-state index is 0.0346. The van der Waals surface area contributed by atoms with Crippen molar-refractivity contribution in [1.82, 2.24) is 4.90 Å². The highest BCUT2D eigenvalue weighted by Crippen LogP contribution is 2.17. The number of hydrogen-bond acceptors (Lipinski definition) is 3. The standard InChI is InChI=1S/C19H18ClFN2O/c20-16-3-1-15(2-4-16)19(24)9-10-22-11-13-23(14-12-22)18-7-5-17(21)6-8-18/h1-10H,11-14H2. The van der Waals surface area contributed by atoms with Gasteiger partial charge in [0.2, 0.25) is 0 Å². The lowest BCUT2D eigenvalue weighted by molar-refractivity contribution is 0.104. The summed E-state index contributed by atoms with van der Waals surface area (Å²) in [7, 11) is 0. The second kappa shape index (κ2) is 7.49. The zero-order valence-corrected chi connectivity index (χ0v) is 13.9. The number of halogens is 2. The van der Waals surface area contributed by atoms with Crippen LogP contribution in [0.1, 0.15) is 10.4 Å². The van der Waals surface area contributed by atoms with E-state index in [1.165, 1.54) is 12.1 Å². The van der Waals surface area contributed by atoms with E-state index in [9.17, 15) is 9.18 Å².